The summed E-state index contributed by atoms with van der Waals surface area (Å²) in [6, 6.07) is 1.22. The molecule has 0 bridgehead atoms. The molecule has 0 spiro atoms. The predicted octanol–water partition coefficient (Wildman–Crippen LogP) is 1.37. The van der Waals surface area contributed by atoms with E-state index in [-0.39, 0.29) is 11.7 Å². The second-order valence-corrected chi connectivity index (χ2v) is 2.22. The van der Waals surface area contributed by atoms with Crippen molar-refractivity contribution in [2.45, 2.75) is 6.92 Å². The number of hydrogen-bond donors (Lipinski definition) is 0. The molecule has 54 valence electrons. The molecule has 0 saturated carbocycles. The Labute approximate surface area is 58.3 Å². The minimum Gasteiger partial charge on any atom is -0.327 e. The van der Waals surface area contributed by atoms with E-state index in [1.165, 1.54) is 23.8 Å². The average Bonchev–Trinajstić information content (AvgIpc) is 2.13. The Kier molecular flexibility index (Phi) is 1.57. The van der Waals surface area contributed by atoms with Gasteiger partial charge in [-0.3, -0.25) is 4.79 Å². The largest absolute Gasteiger partial charge is 0.327 e. The molecule has 1 aromatic rings. The van der Waals surface area contributed by atoms with E-state index in [2.05, 4.69) is 0 Å². The lowest BCUT2D eigenvalue weighted by molar-refractivity contribution is 0.101. The number of carbonyl (C=O) groups excluding carboxylic acids is 1. The molecule has 0 saturated heterocycles. The number of halogens is 1. The zero-order valence-electron chi connectivity index (χ0n) is 5.89. The summed E-state index contributed by atoms with van der Waals surface area (Å²) in [5, 5.41) is 0. The maximum atomic E-state index is 12.5. The van der Waals surface area contributed by atoms with Crippen LogP contribution in [0.5, 0.6) is 0 Å². The monoisotopic (exact) mass is 141 g/mol. The first-order chi connectivity index (χ1) is 4.61. The van der Waals surface area contributed by atoms with Crippen LogP contribution in [0.2, 0.25) is 0 Å². The van der Waals surface area contributed by atoms with E-state index in [0.29, 0.717) is 5.56 Å². The quantitative estimate of drug-likeness (QED) is 0.541. The molecule has 10 heavy (non-hydrogen) atoms. The molecule has 0 aliphatic carbocycles. The molecular formula is C7H8FNO. The van der Waals surface area contributed by atoms with E-state index in [1.54, 1.807) is 7.05 Å². The van der Waals surface area contributed by atoms with Gasteiger partial charge in [-0.1, -0.05) is 0 Å². The summed E-state index contributed by atoms with van der Waals surface area (Å²) in [6.45, 7) is 1.41. The van der Waals surface area contributed by atoms with Crippen LogP contribution in [0.25, 0.3) is 0 Å². The fourth-order valence-corrected chi connectivity index (χ4v) is 0.730. The van der Waals surface area contributed by atoms with E-state index in [0.717, 1.165) is 0 Å². The SMILES string of the molecule is CC(=O)c1cc(F)n(C)c1. The summed E-state index contributed by atoms with van der Waals surface area (Å²) in [5.74, 6) is -0.496. The fraction of sp³-hybridized carbons (Fsp3) is 0.286. The van der Waals surface area contributed by atoms with Crippen LogP contribution in [0.3, 0.4) is 0 Å². The standard InChI is InChI=1S/C7H8FNO/c1-5(10)6-3-7(8)9(2)4-6/h3-4H,1-2H3. The minimum absolute atomic E-state index is 0.112. The highest BCUT2D eigenvalue weighted by molar-refractivity contribution is 5.93. The zero-order valence-corrected chi connectivity index (χ0v) is 5.89. The highest BCUT2D eigenvalue weighted by atomic mass is 19.1. The Bertz CT molecular complexity index is 245. The van der Waals surface area contributed by atoms with Gasteiger partial charge in [0.25, 0.3) is 0 Å². The van der Waals surface area contributed by atoms with E-state index >= 15 is 0 Å². The van der Waals surface area contributed by atoms with E-state index in [4.69, 9.17) is 0 Å². The van der Waals surface area contributed by atoms with Gasteiger partial charge in [0.15, 0.2) is 11.7 Å². The van der Waals surface area contributed by atoms with Crippen LogP contribution in [-0.2, 0) is 7.05 Å². The molecule has 0 aliphatic rings. The van der Waals surface area contributed by atoms with Gasteiger partial charge in [-0.25, -0.2) is 0 Å². The third-order valence-electron chi connectivity index (χ3n) is 1.35. The number of rotatable bonds is 1. The number of aryl methyl sites for hydroxylation is 1. The highest BCUT2D eigenvalue weighted by Crippen LogP contribution is 2.04. The van der Waals surface area contributed by atoms with Crippen molar-refractivity contribution in [1.29, 1.82) is 0 Å². The number of ketones is 1. The lowest BCUT2D eigenvalue weighted by Gasteiger charge is -1.86. The first-order valence-corrected chi connectivity index (χ1v) is 2.94. The van der Waals surface area contributed by atoms with Gasteiger partial charge in [0.05, 0.1) is 0 Å². The van der Waals surface area contributed by atoms with Gasteiger partial charge in [-0.15, -0.1) is 0 Å². The predicted molar refractivity (Wildman–Crippen MR) is 35.4 cm³/mol. The summed E-state index contributed by atoms with van der Waals surface area (Å²) in [5.41, 5.74) is 0.417. The van der Waals surface area contributed by atoms with Crippen molar-refractivity contribution in [2.75, 3.05) is 0 Å². The molecule has 1 rings (SSSR count). The summed E-state index contributed by atoms with van der Waals surface area (Å²) < 4.78 is 13.8. The molecule has 3 heteroatoms. The molecule has 1 aromatic heterocycles. The Morgan fingerprint density at radius 2 is 2.30 bits per heavy atom. The highest BCUT2D eigenvalue weighted by Gasteiger charge is 2.04. The molecule has 0 N–H and O–H groups in total. The van der Waals surface area contributed by atoms with E-state index in [9.17, 15) is 9.18 Å². The van der Waals surface area contributed by atoms with Crippen LogP contribution in [-0.4, -0.2) is 10.4 Å². The molecule has 0 unspecified atom stereocenters. The number of carbonyl (C=O) groups is 1. The van der Waals surface area contributed by atoms with Crippen molar-refractivity contribution in [3.05, 3.63) is 23.8 Å². The topological polar surface area (TPSA) is 22.0 Å². The number of hydrogen-bond acceptors (Lipinski definition) is 1. The second kappa shape index (κ2) is 2.25. The first kappa shape index (κ1) is 6.99. The van der Waals surface area contributed by atoms with Crippen molar-refractivity contribution < 1.29 is 9.18 Å². The molecular weight excluding hydrogens is 133 g/mol. The molecule has 1 heterocycles. The molecule has 2 nitrogen and oxygen atoms in total. The van der Waals surface area contributed by atoms with Gasteiger partial charge >= 0.3 is 0 Å². The van der Waals surface area contributed by atoms with Crippen LogP contribution in [0, 0.1) is 5.95 Å². The molecule has 0 aromatic carbocycles. The maximum Gasteiger partial charge on any atom is 0.194 e. The summed E-state index contributed by atoms with van der Waals surface area (Å²) >= 11 is 0. The molecule has 0 amide bonds. The Hall–Kier alpha value is -1.12. The van der Waals surface area contributed by atoms with Crippen LogP contribution < -0.4 is 0 Å². The Morgan fingerprint density at radius 1 is 1.70 bits per heavy atom. The van der Waals surface area contributed by atoms with Gasteiger partial charge in [0.1, 0.15) is 0 Å². The number of nitrogens with zero attached hydrogens (tertiary/aromatic N) is 1. The first-order valence-electron chi connectivity index (χ1n) is 2.94. The number of Topliss-reactive ketones (excluding diaryl/α,β-unsaturated/α-hetero) is 1. The smallest absolute Gasteiger partial charge is 0.194 e. The van der Waals surface area contributed by atoms with Gasteiger partial charge in [-0.2, -0.15) is 4.39 Å². The van der Waals surface area contributed by atoms with Gasteiger partial charge in [-0.05, 0) is 6.92 Å². The van der Waals surface area contributed by atoms with Crippen molar-refractivity contribution in [2.24, 2.45) is 7.05 Å². The molecule has 0 fully saturated rings. The fourth-order valence-electron chi connectivity index (χ4n) is 0.730. The Morgan fingerprint density at radius 3 is 2.50 bits per heavy atom. The number of aromatic nitrogens is 1. The van der Waals surface area contributed by atoms with Gasteiger partial charge in [0, 0.05) is 24.9 Å². The minimum atomic E-state index is -0.384. The van der Waals surface area contributed by atoms with Crippen molar-refractivity contribution >= 4 is 5.78 Å². The zero-order chi connectivity index (χ0) is 7.72. The summed E-state index contributed by atoms with van der Waals surface area (Å²) in [4.78, 5) is 10.6. The van der Waals surface area contributed by atoms with E-state index in [1.807, 2.05) is 0 Å². The third-order valence-corrected chi connectivity index (χ3v) is 1.35. The van der Waals surface area contributed by atoms with Gasteiger partial charge in [0.2, 0.25) is 0 Å². The molecule has 0 atom stereocenters. The van der Waals surface area contributed by atoms with Crippen molar-refractivity contribution in [3.63, 3.8) is 0 Å². The second-order valence-electron chi connectivity index (χ2n) is 2.22. The Balaban J connectivity index is 3.10. The van der Waals surface area contributed by atoms with Crippen LogP contribution in [0.15, 0.2) is 12.3 Å². The summed E-state index contributed by atoms with van der Waals surface area (Å²) in [6.07, 6.45) is 1.47. The average molecular weight is 141 g/mol. The van der Waals surface area contributed by atoms with Gasteiger partial charge < -0.3 is 4.57 Å². The van der Waals surface area contributed by atoms with Crippen LogP contribution in [0.4, 0.5) is 4.39 Å². The maximum absolute atomic E-state index is 12.5. The molecule has 0 aliphatic heterocycles. The molecule has 0 radical (unpaired) electrons. The van der Waals surface area contributed by atoms with Crippen LogP contribution >= 0.6 is 0 Å². The van der Waals surface area contributed by atoms with E-state index < -0.39 is 0 Å². The lowest BCUT2D eigenvalue weighted by atomic mass is 10.2. The lowest BCUT2D eigenvalue weighted by Crippen LogP contribution is -1.88. The van der Waals surface area contributed by atoms with Crippen molar-refractivity contribution in [1.82, 2.24) is 4.57 Å². The summed E-state index contributed by atoms with van der Waals surface area (Å²) in [7, 11) is 1.56. The van der Waals surface area contributed by atoms with Crippen molar-refractivity contribution in [3.8, 4) is 0 Å². The normalized spacial score (nSPS) is 9.90. The third kappa shape index (κ3) is 1.07. The van der Waals surface area contributed by atoms with Crippen LogP contribution in [0.1, 0.15) is 17.3 Å².